The Morgan fingerprint density at radius 3 is 2.56 bits per heavy atom. The zero-order valence-corrected chi connectivity index (χ0v) is 9.57. The molecule has 1 heterocycles. The largest absolute Gasteiger partial charge is 0.382 e. The third-order valence-electron chi connectivity index (χ3n) is 2.78. The molecule has 2 rings (SSSR count). The summed E-state index contributed by atoms with van der Waals surface area (Å²) in [5, 5.41) is 0. The van der Waals surface area contributed by atoms with Crippen LogP contribution in [0.4, 0.5) is 5.82 Å². The monoisotopic (exact) mass is 216 g/mol. The molecule has 0 atom stereocenters. The van der Waals surface area contributed by atoms with Crippen LogP contribution in [0.2, 0.25) is 0 Å². The van der Waals surface area contributed by atoms with E-state index < -0.39 is 0 Å². The van der Waals surface area contributed by atoms with E-state index in [0.29, 0.717) is 5.82 Å². The molecular weight excluding hydrogens is 200 g/mol. The fraction of sp³-hybridized carbons (Fsp3) is 0.250. The van der Waals surface area contributed by atoms with Gasteiger partial charge in [0.2, 0.25) is 0 Å². The van der Waals surface area contributed by atoms with Crippen LogP contribution < -0.4 is 11.6 Å². The molecular formula is C12H16N4. The second-order valence-electron chi connectivity index (χ2n) is 3.77. The number of benzene rings is 1. The zero-order chi connectivity index (χ0) is 11.7. The number of nitrogens with zero attached hydrogens (tertiary/aromatic N) is 2. The predicted molar refractivity (Wildman–Crippen MR) is 66.3 cm³/mol. The number of hydrogen-bond acceptors (Lipinski definition) is 3. The Labute approximate surface area is 94.9 Å². The molecule has 0 spiro atoms. The average Bonchev–Trinajstić information content (AvgIpc) is 2.57. The van der Waals surface area contributed by atoms with Crippen molar-refractivity contribution in [1.82, 2.24) is 9.66 Å². The maximum Gasteiger partial charge on any atom is 0.150 e. The van der Waals surface area contributed by atoms with Crippen LogP contribution in [0.1, 0.15) is 18.3 Å². The zero-order valence-electron chi connectivity index (χ0n) is 9.57. The molecule has 4 heteroatoms. The Morgan fingerprint density at radius 1 is 1.31 bits per heavy atom. The van der Waals surface area contributed by atoms with Gasteiger partial charge in [-0.25, -0.2) is 9.66 Å². The molecule has 0 radical (unpaired) electrons. The van der Waals surface area contributed by atoms with Crippen molar-refractivity contribution < 1.29 is 0 Å². The molecule has 1 aromatic heterocycles. The van der Waals surface area contributed by atoms with Gasteiger partial charge < -0.3 is 11.6 Å². The van der Waals surface area contributed by atoms with Crippen molar-refractivity contribution in [2.45, 2.75) is 20.3 Å². The van der Waals surface area contributed by atoms with Crippen molar-refractivity contribution in [3.63, 3.8) is 0 Å². The topological polar surface area (TPSA) is 69.9 Å². The van der Waals surface area contributed by atoms with E-state index in [-0.39, 0.29) is 0 Å². The fourth-order valence-electron chi connectivity index (χ4n) is 1.82. The summed E-state index contributed by atoms with van der Waals surface area (Å²) in [6, 6.07) is 8.11. The van der Waals surface area contributed by atoms with Crippen molar-refractivity contribution >= 4 is 5.82 Å². The molecule has 0 aliphatic carbocycles. The Hall–Kier alpha value is -1.97. The van der Waals surface area contributed by atoms with Crippen molar-refractivity contribution in [1.29, 1.82) is 0 Å². The Balaban J connectivity index is 2.63. The van der Waals surface area contributed by atoms with Gasteiger partial charge in [0.05, 0.1) is 0 Å². The van der Waals surface area contributed by atoms with Gasteiger partial charge in [-0.15, -0.1) is 0 Å². The second kappa shape index (κ2) is 3.89. The standard InChI is InChI=1S/C12H16N4/c1-3-9-6-4-5-7-10(9)11-12(13)16(14)8(2)15-11/h4-7H,3,13-14H2,1-2H3. The Morgan fingerprint density at radius 2 is 2.00 bits per heavy atom. The summed E-state index contributed by atoms with van der Waals surface area (Å²) in [4.78, 5) is 4.40. The first-order valence-corrected chi connectivity index (χ1v) is 5.33. The first kappa shape index (κ1) is 10.5. The van der Waals surface area contributed by atoms with Crippen LogP contribution in [0.5, 0.6) is 0 Å². The van der Waals surface area contributed by atoms with Gasteiger partial charge in [-0.3, -0.25) is 0 Å². The van der Waals surface area contributed by atoms with E-state index in [4.69, 9.17) is 11.6 Å². The van der Waals surface area contributed by atoms with Crippen molar-refractivity contribution in [3.8, 4) is 11.3 Å². The SMILES string of the molecule is CCc1ccccc1-c1nc(C)n(N)c1N. The van der Waals surface area contributed by atoms with Gasteiger partial charge in [0, 0.05) is 5.56 Å². The van der Waals surface area contributed by atoms with Gasteiger partial charge in [0.1, 0.15) is 11.5 Å². The van der Waals surface area contributed by atoms with Crippen LogP contribution in [0.25, 0.3) is 11.3 Å². The number of nitrogens with two attached hydrogens (primary N) is 2. The molecule has 16 heavy (non-hydrogen) atoms. The van der Waals surface area contributed by atoms with Crippen LogP contribution in [-0.2, 0) is 6.42 Å². The first-order chi connectivity index (χ1) is 7.65. The summed E-state index contributed by atoms with van der Waals surface area (Å²) in [5.41, 5.74) is 9.00. The number of anilines is 1. The second-order valence-corrected chi connectivity index (χ2v) is 3.77. The number of aryl methyl sites for hydroxylation is 2. The molecule has 1 aromatic carbocycles. The molecule has 0 unspecified atom stereocenters. The van der Waals surface area contributed by atoms with E-state index in [1.54, 1.807) is 0 Å². The molecule has 2 aromatic rings. The fourth-order valence-corrected chi connectivity index (χ4v) is 1.82. The molecule has 84 valence electrons. The lowest BCUT2D eigenvalue weighted by Crippen LogP contribution is -2.13. The van der Waals surface area contributed by atoms with Crippen molar-refractivity contribution in [2.24, 2.45) is 0 Å². The summed E-state index contributed by atoms with van der Waals surface area (Å²) < 4.78 is 1.42. The number of hydrogen-bond donors (Lipinski definition) is 2. The van der Waals surface area contributed by atoms with E-state index in [0.717, 1.165) is 23.5 Å². The summed E-state index contributed by atoms with van der Waals surface area (Å²) >= 11 is 0. The maximum atomic E-state index is 5.93. The minimum Gasteiger partial charge on any atom is -0.382 e. The number of imidazole rings is 1. The first-order valence-electron chi connectivity index (χ1n) is 5.33. The minimum atomic E-state index is 0.512. The molecule has 0 saturated heterocycles. The van der Waals surface area contributed by atoms with Gasteiger partial charge in [-0.1, -0.05) is 31.2 Å². The lowest BCUT2D eigenvalue weighted by atomic mass is 10.0. The minimum absolute atomic E-state index is 0.512. The van der Waals surface area contributed by atoms with E-state index in [9.17, 15) is 0 Å². The third-order valence-corrected chi connectivity index (χ3v) is 2.78. The molecule has 0 fully saturated rings. The van der Waals surface area contributed by atoms with Crippen LogP contribution in [0, 0.1) is 6.92 Å². The molecule has 4 N–H and O–H groups in total. The summed E-state index contributed by atoms with van der Waals surface area (Å²) in [6.07, 6.45) is 0.950. The third kappa shape index (κ3) is 1.52. The van der Waals surface area contributed by atoms with Crippen LogP contribution in [-0.4, -0.2) is 9.66 Å². The highest BCUT2D eigenvalue weighted by Crippen LogP contribution is 2.28. The van der Waals surface area contributed by atoms with E-state index in [2.05, 4.69) is 18.0 Å². The highest BCUT2D eigenvalue weighted by atomic mass is 15.4. The molecule has 0 amide bonds. The Bertz CT molecular complexity index is 514. The van der Waals surface area contributed by atoms with Gasteiger partial charge in [0.25, 0.3) is 0 Å². The smallest absolute Gasteiger partial charge is 0.150 e. The van der Waals surface area contributed by atoms with Gasteiger partial charge in [0.15, 0.2) is 5.82 Å². The molecule has 0 aliphatic rings. The van der Waals surface area contributed by atoms with E-state index in [1.807, 2.05) is 25.1 Å². The van der Waals surface area contributed by atoms with Crippen LogP contribution in [0.3, 0.4) is 0 Å². The number of aromatic nitrogens is 2. The lowest BCUT2D eigenvalue weighted by molar-refractivity contribution is 0.937. The average molecular weight is 216 g/mol. The van der Waals surface area contributed by atoms with E-state index in [1.165, 1.54) is 10.2 Å². The number of nitrogen functional groups attached to an aromatic ring is 2. The lowest BCUT2D eigenvalue weighted by Gasteiger charge is -2.05. The summed E-state index contributed by atoms with van der Waals surface area (Å²) in [7, 11) is 0. The van der Waals surface area contributed by atoms with E-state index >= 15 is 0 Å². The normalized spacial score (nSPS) is 10.6. The molecule has 4 nitrogen and oxygen atoms in total. The summed E-state index contributed by atoms with van der Waals surface area (Å²) in [6.45, 7) is 3.95. The highest BCUT2D eigenvalue weighted by Gasteiger charge is 2.13. The predicted octanol–water partition coefficient (Wildman–Crippen LogP) is 1.72. The maximum absolute atomic E-state index is 5.93. The van der Waals surface area contributed by atoms with Crippen molar-refractivity contribution in [3.05, 3.63) is 35.7 Å². The van der Waals surface area contributed by atoms with Crippen molar-refractivity contribution in [2.75, 3.05) is 11.6 Å². The highest BCUT2D eigenvalue weighted by molar-refractivity contribution is 5.73. The van der Waals surface area contributed by atoms with Gasteiger partial charge in [-0.05, 0) is 18.9 Å². The van der Waals surface area contributed by atoms with Crippen LogP contribution >= 0.6 is 0 Å². The summed E-state index contributed by atoms with van der Waals surface area (Å²) in [5.74, 6) is 6.99. The molecule has 0 aliphatic heterocycles. The Kier molecular flexibility index (Phi) is 2.56. The van der Waals surface area contributed by atoms with Gasteiger partial charge in [-0.2, -0.15) is 0 Å². The quantitative estimate of drug-likeness (QED) is 0.751. The molecule has 0 bridgehead atoms. The van der Waals surface area contributed by atoms with Crippen LogP contribution in [0.15, 0.2) is 24.3 Å². The van der Waals surface area contributed by atoms with Gasteiger partial charge >= 0.3 is 0 Å². The number of rotatable bonds is 2. The molecule has 0 saturated carbocycles.